The summed E-state index contributed by atoms with van der Waals surface area (Å²) >= 11 is 0. The van der Waals surface area contributed by atoms with Gasteiger partial charge in [-0.25, -0.2) is 4.90 Å². The molecule has 0 spiro atoms. The number of carbonyl (C=O) groups is 2. The molecule has 1 aliphatic rings. The molecule has 0 radical (unpaired) electrons. The average Bonchev–Trinajstić information content (AvgIpc) is 2.71. The molecule has 0 atom stereocenters. The third-order valence-electron chi connectivity index (χ3n) is 3.56. The normalized spacial score (nSPS) is 13.8. The summed E-state index contributed by atoms with van der Waals surface area (Å²) in [5.74, 6) is -0.594. The molecule has 4 nitrogen and oxygen atoms in total. The van der Waals surface area contributed by atoms with E-state index < -0.39 is 0 Å². The highest BCUT2D eigenvalue weighted by Crippen LogP contribution is 2.30. The summed E-state index contributed by atoms with van der Waals surface area (Å²) in [5.41, 5.74) is 8.95. The molecule has 3 rings (SSSR count). The highest BCUT2D eigenvalue weighted by molar-refractivity contribution is 6.34. The van der Waals surface area contributed by atoms with Crippen molar-refractivity contribution in [2.75, 3.05) is 10.6 Å². The molecule has 0 fully saturated rings. The minimum absolute atomic E-state index is 0.297. The number of aryl methyl sites for hydroxylation is 1. The van der Waals surface area contributed by atoms with E-state index in [-0.39, 0.29) is 11.8 Å². The monoisotopic (exact) mass is 266 g/mol. The van der Waals surface area contributed by atoms with Crippen molar-refractivity contribution in [3.05, 3.63) is 59.2 Å². The second kappa shape index (κ2) is 4.49. The van der Waals surface area contributed by atoms with E-state index >= 15 is 0 Å². The molecule has 2 N–H and O–H groups in total. The van der Waals surface area contributed by atoms with Crippen molar-refractivity contribution in [1.29, 1.82) is 0 Å². The smallest absolute Gasteiger partial charge is 0.266 e. The van der Waals surface area contributed by atoms with Crippen molar-refractivity contribution in [3.8, 4) is 0 Å². The Labute approximate surface area is 116 Å². The number of anilines is 2. The number of nitrogens with two attached hydrogens (primary N) is 1. The third kappa shape index (κ3) is 1.69. The second-order valence-corrected chi connectivity index (χ2v) is 4.73. The number of amides is 2. The molecule has 0 aliphatic carbocycles. The van der Waals surface area contributed by atoms with Crippen molar-refractivity contribution in [3.63, 3.8) is 0 Å². The number of nitrogen functional groups attached to an aromatic ring is 1. The van der Waals surface area contributed by atoms with Crippen LogP contribution in [0.1, 0.15) is 33.2 Å². The van der Waals surface area contributed by atoms with Crippen molar-refractivity contribution >= 4 is 23.2 Å². The number of imide groups is 1. The van der Waals surface area contributed by atoms with E-state index in [0.717, 1.165) is 12.0 Å². The van der Waals surface area contributed by atoms with E-state index in [9.17, 15) is 9.59 Å². The Morgan fingerprint density at radius 1 is 1.00 bits per heavy atom. The number of fused-ring (bicyclic) bond motifs is 1. The van der Waals surface area contributed by atoms with Crippen LogP contribution in [0.15, 0.2) is 42.5 Å². The van der Waals surface area contributed by atoms with Crippen molar-refractivity contribution in [1.82, 2.24) is 0 Å². The molecule has 0 saturated heterocycles. The zero-order valence-electron chi connectivity index (χ0n) is 11.1. The zero-order chi connectivity index (χ0) is 14.3. The van der Waals surface area contributed by atoms with Crippen LogP contribution in [0, 0.1) is 0 Å². The lowest BCUT2D eigenvalue weighted by atomic mass is 10.1. The first-order chi connectivity index (χ1) is 9.63. The number of rotatable bonds is 2. The molecular weight excluding hydrogens is 252 g/mol. The standard InChI is InChI=1S/C16H14N2O2/c1-2-10-7-8-11(9-14(10)17)18-15(19)12-5-3-4-6-13(12)16(18)20/h3-9H,2,17H2,1H3. The minimum atomic E-state index is -0.297. The molecule has 2 aromatic carbocycles. The Morgan fingerprint density at radius 2 is 1.60 bits per heavy atom. The van der Waals surface area contributed by atoms with Gasteiger partial charge < -0.3 is 5.73 Å². The molecule has 2 aromatic rings. The Hall–Kier alpha value is -2.62. The predicted octanol–water partition coefficient (Wildman–Crippen LogP) is 2.63. The summed E-state index contributed by atoms with van der Waals surface area (Å²) in [4.78, 5) is 25.9. The summed E-state index contributed by atoms with van der Waals surface area (Å²) in [7, 11) is 0. The van der Waals surface area contributed by atoms with E-state index in [1.807, 2.05) is 13.0 Å². The fourth-order valence-corrected chi connectivity index (χ4v) is 2.47. The summed E-state index contributed by atoms with van der Waals surface area (Å²) in [6.07, 6.45) is 0.814. The Bertz CT molecular complexity index is 687. The van der Waals surface area contributed by atoms with E-state index in [1.165, 1.54) is 4.90 Å². The molecule has 0 bridgehead atoms. The molecule has 0 aromatic heterocycles. The summed E-state index contributed by atoms with van der Waals surface area (Å²) < 4.78 is 0. The Morgan fingerprint density at radius 3 is 2.10 bits per heavy atom. The van der Waals surface area contributed by atoms with Crippen LogP contribution in [0.4, 0.5) is 11.4 Å². The van der Waals surface area contributed by atoms with Gasteiger partial charge in [0, 0.05) is 5.69 Å². The van der Waals surface area contributed by atoms with Gasteiger partial charge in [0.25, 0.3) is 11.8 Å². The Kier molecular flexibility index (Phi) is 2.79. The van der Waals surface area contributed by atoms with Crippen molar-refractivity contribution in [2.24, 2.45) is 0 Å². The second-order valence-electron chi connectivity index (χ2n) is 4.73. The van der Waals surface area contributed by atoms with E-state index in [1.54, 1.807) is 36.4 Å². The predicted molar refractivity (Wildman–Crippen MR) is 77.8 cm³/mol. The number of nitrogens with zero attached hydrogens (tertiary/aromatic N) is 1. The first-order valence-electron chi connectivity index (χ1n) is 6.49. The number of hydrogen-bond acceptors (Lipinski definition) is 3. The fraction of sp³-hybridized carbons (Fsp3) is 0.125. The molecule has 4 heteroatoms. The zero-order valence-corrected chi connectivity index (χ0v) is 11.1. The van der Waals surface area contributed by atoms with Gasteiger partial charge in [0.05, 0.1) is 16.8 Å². The van der Waals surface area contributed by atoms with Gasteiger partial charge in [0.1, 0.15) is 0 Å². The van der Waals surface area contributed by atoms with Gasteiger partial charge in [-0.05, 0) is 36.2 Å². The highest BCUT2D eigenvalue weighted by atomic mass is 16.2. The molecule has 20 heavy (non-hydrogen) atoms. The van der Waals surface area contributed by atoms with Gasteiger partial charge in [-0.15, -0.1) is 0 Å². The van der Waals surface area contributed by atoms with Gasteiger partial charge in [-0.2, -0.15) is 0 Å². The topological polar surface area (TPSA) is 63.4 Å². The lowest BCUT2D eigenvalue weighted by Gasteiger charge is -2.15. The van der Waals surface area contributed by atoms with Crippen LogP contribution in [0.5, 0.6) is 0 Å². The Balaban J connectivity index is 2.07. The highest BCUT2D eigenvalue weighted by Gasteiger charge is 2.36. The molecule has 1 heterocycles. The lowest BCUT2D eigenvalue weighted by Crippen LogP contribution is -2.29. The third-order valence-corrected chi connectivity index (χ3v) is 3.56. The summed E-state index contributed by atoms with van der Waals surface area (Å²) in [5, 5.41) is 0. The maximum atomic E-state index is 12.3. The molecular formula is C16H14N2O2. The SMILES string of the molecule is CCc1ccc(N2C(=O)c3ccccc3C2=O)cc1N. The first-order valence-corrected chi connectivity index (χ1v) is 6.49. The van der Waals surface area contributed by atoms with Crippen LogP contribution in [0.25, 0.3) is 0 Å². The molecule has 0 saturated carbocycles. The van der Waals surface area contributed by atoms with Crippen LogP contribution in [-0.2, 0) is 6.42 Å². The van der Waals surface area contributed by atoms with Crippen molar-refractivity contribution in [2.45, 2.75) is 13.3 Å². The van der Waals surface area contributed by atoms with Crippen LogP contribution in [0.3, 0.4) is 0 Å². The largest absolute Gasteiger partial charge is 0.398 e. The minimum Gasteiger partial charge on any atom is -0.398 e. The number of benzene rings is 2. The fourth-order valence-electron chi connectivity index (χ4n) is 2.47. The van der Waals surface area contributed by atoms with E-state index in [0.29, 0.717) is 22.5 Å². The van der Waals surface area contributed by atoms with Gasteiger partial charge >= 0.3 is 0 Å². The van der Waals surface area contributed by atoms with Crippen molar-refractivity contribution < 1.29 is 9.59 Å². The van der Waals surface area contributed by atoms with E-state index in [2.05, 4.69) is 0 Å². The van der Waals surface area contributed by atoms with Crippen LogP contribution < -0.4 is 10.6 Å². The number of hydrogen-bond donors (Lipinski definition) is 1. The van der Waals surface area contributed by atoms with Crippen LogP contribution in [-0.4, -0.2) is 11.8 Å². The lowest BCUT2D eigenvalue weighted by molar-refractivity contribution is 0.0926. The molecule has 0 unspecified atom stereocenters. The van der Waals surface area contributed by atoms with Gasteiger partial charge in [-0.1, -0.05) is 25.1 Å². The van der Waals surface area contributed by atoms with Gasteiger partial charge in [-0.3, -0.25) is 9.59 Å². The quantitative estimate of drug-likeness (QED) is 0.671. The van der Waals surface area contributed by atoms with Crippen LogP contribution in [0.2, 0.25) is 0 Å². The first kappa shape index (κ1) is 12.4. The maximum absolute atomic E-state index is 12.3. The summed E-state index contributed by atoms with van der Waals surface area (Å²) in [6.45, 7) is 2.01. The van der Waals surface area contributed by atoms with Gasteiger partial charge in [0.2, 0.25) is 0 Å². The van der Waals surface area contributed by atoms with Gasteiger partial charge in [0.15, 0.2) is 0 Å². The average molecular weight is 266 g/mol. The molecule has 2 amide bonds. The molecule has 1 aliphatic heterocycles. The maximum Gasteiger partial charge on any atom is 0.266 e. The van der Waals surface area contributed by atoms with Crippen LogP contribution >= 0.6 is 0 Å². The molecule has 100 valence electrons. The summed E-state index contributed by atoms with van der Waals surface area (Å²) in [6, 6.07) is 12.1. The number of carbonyl (C=O) groups excluding carboxylic acids is 2. The van der Waals surface area contributed by atoms with E-state index in [4.69, 9.17) is 5.73 Å².